The van der Waals surface area contributed by atoms with E-state index >= 15 is 0 Å². The Morgan fingerprint density at radius 1 is 1.26 bits per heavy atom. The van der Waals surface area contributed by atoms with Crippen LogP contribution < -0.4 is 10.2 Å². The number of hydrogen-bond donors (Lipinski definition) is 1. The van der Waals surface area contributed by atoms with E-state index in [1.165, 1.54) is 19.1 Å². The molecule has 2 aliphatic rings. The summed E-state index contributed by atoms with van der Waals surface area (Å²) in [6.45, 7) is 4.37. The molecule has 2 aromatic rings. The Morgan fingerprint density at radius 3 is 2.77 bits per heavy atom. The molecule has 1 aliphatic heterocycles. The van der Waals surface area contributed by atoms with Gasteiger partial charge in [0.1, 0.15) is 17.8 Å². The van der Waals surface area contributed by atoms with E-state index in [9.17, 15) is 13.6 Å². The minimum Gasteiger partial charge on any atom is -0.373 e. The van der Waals surface area contributed by atoms with Crippen molar-refractivity contribution < 1.29 is 18.3 Å². The van der Waals surface area contributed by atoms with Crippen LogP contribution in [0.3, 0.4) is 0 Å². The highest BCUT2D eigenvalue weighted by molar-refractivity contribution is 5.72. The molecule has 0 radical (unpaired) electrons. The fourth-order valence-electron chi connectivity index (χ4n) is 4.38. The van der Waals surface area contributed by atoms with Gasteiger partial charge in [0, 0.05) is 39.5 Å². The minimum absolute atomic E-state index is 0.0903. The second-order valence-electron chi connectivity index (χ2n) is 8.48. The highest BCUT2D eigenvalue weighted by atomic mass is 19.1. The molecule has 1 aliphatic carbocycles. The molecule has 9 heteroatoms. The molecule has 0 spiro atoms. The molecule has 1 N–H and O–H groups in total. The number of hydrogen-bond acceptors (Lipinski definition) is 5. The Kier molecular flexibility index (Phi) is 6.80. The number of morpholine rings is 1. The molecule has 0 bridgehead atoms. The number of anilines is 1. The molecule has 1 aromatic heterocycles. The van der Waals surface area contributed by atoms with Crippen molar-refractivity contribution in [1.82, 2.24) is 20.1 Å². The number of nitrogens with one attached hydrogen (secondary N) is 1. The smallest absolute Gasteiger partial charge is 0.227 e. The molecule has 168 valence electrons. The number of ether oxygens (including phenoxy) is 1. The van der Waals surface area contributed by atoms with Crippen LogP contribution >= 0.6 is 0 Å². The molecule has 1 saturated heterocycles. The van der Waals surface area contributed by atoms with Gasteiger partial charge in [-0.25, -0.2) is 8.78 Å². The molecule has 7 nitrogen and oxygen atoms in total. The van der Waals surface area contributed by atoms with Gasteiger partial charge < -0.3 is 15.0 Å². The van der Waals surface area contributed by atoms with E-state index < -0.39 is 6.17 Å². The zero-order chi connectivity index (χ0) is 21.8. The molecule has 1 amide bonds. The predicted octanol–water partition coefficient (Wildman–Crippen LogP) is 2.49. The van der Waals surface area contributed by atoms with Crippen LogP contribution in [0.2, 0.25) is 0 Å². The summed E-state index contributed by atoms with van der Waals surface area (Å²) in [4.78, 5) is 13.4. The molecule has 2 fully saturated rings. The van der Waals surface area contributed by atoms with Crippen molar-refractivity contribution in [1.29, 1.82) is 0 Å². The predicted molar refractivity (Wildman–Crippen MR) is 112 cm³/mol. The molecule has 1 saturated carbocycles. The van der Waals surface area contributed by atoms with Crippen LogP contribution in [0.5, 0.6) is 0 Å². The molecule has 3 atom stereocenters. The number of amides is 1. The maximum Gasteiger partial charge on any atom is 0.227 e. The minimum atomic E-state index is -0.740. The SMILES string of the molecule is CC(=O)NCC1CN(c2nnc(Cc3ccc(F)cc3)n2CC2CCC(F)C2)CCO1. The highest BCUT2D eigenvalue weighted by Gasteiger charge is 2.29. The highest BCUT2D eigenvalue weighted by Crippen LogP contribution is 2.31. The Bertz CT molecular complexity index is 889. The normalized spacial score (nSPS) is 23.8. The van der Waals surface area contributed by atoms with E-state index in [4.69, 9.17) is 4.74 Å². The average molecular weight is 434 g/mol. The Labute approximate surface area is 180 Å². The van der Waals surface area contributed by atoms with Gasteiger partial charge in [0.15, 0.2) is 0 Å². The third-order valence-electron chi connectivity index (χ3n) is 6.00. The summed E-state index contributed by atoms with van der Waals surface area (Å²) in [5, 5.41) is 11.7. The lowest BCUT2D eigenvalue weighted by Crippen LogP contribution is -2.48. The van der Waals surface area contributed by atoms with Gasteiger partial charge in [0.05, 0.1) is 12.7 Å². The van der Waals surface area contributed by atoms with E-state index in [-0.39, 0.29) is 23.7 Å². The quantitative estimate of drug-likeness (QED) is 0.727. The number of alkyl halides is 1. The Hall–Kier alpha value is -2.55. The third kappa shape index (κ3) is 5.58. The number of carbonyl (C=O) groups is 1. The summed E-state index contributed by atoms with van der Waals surface area (Å²) < 4.78 is 35.0. The summed E-state index contributed by atoms with van der Waals surface area (Å²) in [6, 6.07) is 6.38. The van der Waals surface area contributed by atoms with Crippen molar-refractivity contribution in [3.8, 4) is 0 Å². The largest absolute Gasteiger partial charge is 0.373 e. The van der Waals surface area contributed by atoms with Crippen LogP contribution in [0.15, 0.2) is 24.3 Å². The van der Waals surface area contributed by atoms with Crippen molar-refractivity contribution >= 4 is 11.9 Å². The van der Waals surface area contributed by atoms with Gasteiger partial charge in [-0.3, -0.25) is 9.36 Å². The van der Waals surface area contributed by atoms with E-state index in [1.807, 2.05) is 0 Å². The maximum atomic E-state index is 13.8. The summed E-state index contributed by atoms with van der Waals surface area (Å²) in [7, 11) is 0. The molecule has 1 aromatic carbocycles. The number of benzene rings is 1. The fraction of sp³-hybridized carbons (Fsp3) is 0.591. The van der Waals surface area contributed by atoms with Crippen molar-refractivity contribution in [2.45, 2.75) is 51.4 Å². The summed E-state index contributed by atoms with van der Waals surface area (Å²) >= 11 is 0. The number of nitrogens with zero attached hydrogens (tertiary/aromatic N) is 4. The van der Waals surface area contributed by atoms with Gasteiger partial charge in [0.25, 0.3) is 0 Å². The van der Waals surface area contributed by atoms with Crippen LogP contribution in [0.4, 0.5) is 14.7 Å². The zero-order valence-electron chi connectivity index (χ0n) is 17.8. The molecular formula is C22H29F2N5O2. The summed E-state index contributed by atoms with van der Waals surface area (Å²) in [5.74, 6) is 1.41. The van der Waals surface area contributed by atoms with E-state index in [2.05, 4.69) is 25.0 Å². The van der Waals surface area contributed by atoms with Gasteiger partial charge in [0.2, 0.25) is 11.9 Å². The number of aromatic nitrogens is 3. The molecule has 3 unspecified atom stereocenters. The second kappa shape index (κ2) is 9.72. The lowest BCUT2D eigenvalue weighted by molar-refractivity contribution is -0.119. The van der Waals surface area contributed by atoms with Crippen LogP contribution in [-0.4, -0.2) is 59.2 Å². The lowest BCUT2D eigenvalue weighted by atomic mass is 10.1. The topological polar surface area (TPSA) is 72.3 Å². The first-order valence-corrected chi connectivity index (χ1v) is 10.9. The van der Waals surface area contributed by atoms with E-state index in [0.29, 0.717) is 52.0 Å². The molecule has 4 rings (SSSR count). The Morgan fingerprint density at radius 2 is 2.06 bits per heavy atom. The first-order chi connectivity index (χ1) is 15.0. The van der Waals surface area contributed by atoms with Crippen LogP contribution in [0.25, 0.3) is 0 Å². The van der Waals surface area contributed by atoms with Gasteiger partial charge in [-0.2, -0.15) is 0 Å². The van der Waals surface area contributed by atoms with Gasteiger partial charge >= 0.3 is 0 Å². The third-order valence-corrected chi connectivity index (χ3v) is 6.00. The lowest BCUT2D eigenvalue weighted by Gasteiger charge is -2.34. The standard InChI is InChI=1S/C22H29F2N5O2/c1-15(30)25-12-20-14-28(8-9-31-20)22-27-26-21(11-16-2-5-18(23)6-3-16)29(22)13-17-4-7-19(24)10-17/h2-3,5-6,17,19-20H,4,7-14H2,1H3,(H,25,30). The van der Waals surface area contributed by atoms with Crippen molar-refractivity contribution in [3.63, 3.8) is 0 Å². The summed E-state index contributed by atoms with van der Waals surface area (Å²) in [6.07, 6.45) is 1.66. The average Bonchev–Trinajstić information content (AvgIpc) is 3.34. The molecular weight excluding hydrogens is 404 g/mol. The van der Waals surface area contributed by atoms with Crippen molar-refractivity contribution in [2.75, 3.05) is 31.1 Å². The Balaban J connectivity index is 1.55. The monoisotopic (exact) mass is 433 g/mol. The van der Waals surface area contributed by atoms with Crippen LogP contribution in [0, 0.1) is 11.7 Å². The van der Waals surface area contributed by atoms with E-state index in [0.717, 1.165) is 23.8 Å². The van der Waals surface area contributed by atoms with Crippen molar-refractivity contribution in [3.05, 3.63) is 41.5 Å². The van der Waals surface area contributed by atoms with Crippen LogP contribution in [0.1, 0.15) is 37.6 Å². The van der Waals surface area contributed by atoms with E-state index in [1.54, 1.807) is 12.1 Å². The molecule has 2 heterocycles. The van der Waals surface area contributed by atoms with Gasteiger partial charge in [-0.1, -0.05) is 12.1 Å². The van der Waals surface area contributed by atoms with Crippen LogP contribution in [-0.2, 0) is 22.5 Å². The number of rotatable bonds is 7. The van der Waals surface area contributed by atoms with Gasteiger partial charge in [-0.15, -0.1) is 10.2 Å². The summed E-state index contributed by atoms with van der Waals surface area (Å²) in [5.41, 5.74) is 0.946. The fourth-order valence-corrected chi connectivity index (χ4v) is 4.38. The van der Waals surface area contributed by atoms with Gasteiger partial charge in [-0.05, 0) is 42.9 Å². The number of halogens is 2. The maximum absolute atomic E-state index is 13.8. The first-order valence-electron chi connectivity index (χ1n) is 10.9. The number of carbonyl (C=O) groups excluding carboxylic acids is 1. The zero-order valence-corrected chi connectivity index (χ0v) is 17.8. The second-order valence-corrected chi connectivity index (χ2v) is 8.48. The first kappa shape index (κ1) is 21.7. The van der Waals surface area contributed by atoms with Crippen molar-refractivity contribution in [2.24, 2.45) is 5.92 Å². The molecule has 31 heavy (non-hydrogen) atoms.